The number of halogens is 1. The predicted octanol–water partition coefficient (Wildman–Crippen LogP) is 3.51. The molecule has 0 unspecified atom stereocenters. The predicted molar refractivity (Wildman–Crippen MR) is 67.5 cm³/mol. The van der Waals surface area contributed by atoms with Gasteiger partial charge in [-0.25, -0.2) is 0 Å². The number of nitrogens with zero attached hydrogens (tertiary/aromatic N) is 1. The summed E-state index contributed by atoms with van der Waals surface area (Å²) in [4.78, 5) is 4.10. The molecule has 0 aliphatic carbocycles. The Morgan fingerprint density at radius 3 is 2.76 bits per heavy atom. The number of benzene rings is 1. The van der Waals surface area contributed by atoms with Crippen molar-refractivity contribution in [1.82, 2.24) is 4.98 Å². The first-order valence-electron chi connectivity index (χ1n) is 5.27. The molecule has 1 heterocycles. The maximum Gasteiger partial charge on any atom is 0.138 e. The molecule has 2 rings (SSSR count). The smallest absolute Gasteiger partial charge is 0.138 e. The Kier molecular flexibility index (Phi) is 3.49. The van der Waals surface area contributed by atoms with E-state index in [1.807, 2.05) is 13.0 Å². The third-order valence-electron chi connectivity index (χ3n) is 2.31. The molecule has 2 aromatic rings. The number of aromatic nitrogens is 1. The van der Waals surface area contributed by atoms with Crippen molar-refractivity contribution in [1.29, 1.82) is 0 Å². The lowest BCUT2D eigenvalue weighted by molar-refractivity contribution is 0.339. The standard InChI is InChI=1S/C13H12ClNO2/c1-2-17-11-5-10(7-15-8-11)9-3-4-13(16)12(14)6-9/h3-8,16H,2H2,1H3. The molecule has 0 radical (unpaired) electrons. The van der Waals surface area contributed by atoms with Gasteiger partial charge in [0.05, 0.1) is 17.8 Å². The third kappa shape index (κ3) is 2.68. The SMILES string of the molecule is CCOc1cncc(-c2ccc(O)c(Cl)c2)c1. The molecule has 0 aliphatic rings. The number of aromatic hydroxyl groups is 1. The average molecular weight is 250 g/mol. The van der Waals surface area contributed by atoms with Crippen molar-refractivity contribution in [2.24, 2.45) is 0 Å². The van der Waals surface area contributed by atoms with E-state index < -0.39 is 0 Å². The second kappa shape index (κ2) is 5.06. The molecule has 0 amide bonds. The lowest BCUT2D eigenvalue weighted by Crippen LogP contribution is -1.92. The van der Waals surface area contributed by atoms with E-state index >= 15 is 0 Å². The van der Waals surface area contributed by atoms with Crippen LogP contribution >= 0.6 is 11.6 Å². The Morgan fingerprint density at radius 2 is 2.06 bits per heavy atom. The second-order valence-corrected chi connectivity index (χ2v) is 3.92. The van der Waals surface area contributed by atoms with Gasteiger partial charge in [-0.05, 0) is 30.7 Å². The first-order valence-corrected chi connectivity index (χ1v) is 5.65. The maximum absolute atomic E-state index is 9.36. The Labute approximate surface area is 105 Å². The van der Waals surface area contributed by atoms with Crippen molar-refractivity contribution in [2.45, 2.75) is 6.92 Å². The van der Waals surface area contributed by atoms with Crippen LogP contribution in [0.4, 0.5) is 0 Å². The van der Waals surface area contributed by atoms with Gasteiger partial charge in [0.25, 0.3) is 0 Å². The van der Waals surface area contributed by atoms with Crippen molar-refractivity contribution in [3.05, 3.63) is 41.7 Å². The number of phenolic OH excluding ortho intramolecular Hbond substituents is 1. The largest absolute Gasteiger partial charge is 0.506 e. The van der Waals surface area contributed by atoms with Gasteiger partial charge in [0.1, 0.15) is 11.5 Å². The maximum atomic E-state index is 9.36. The molecule has 1 aromatic heterocycles. The molecule has 0 atom stereocenters. The van der Waals surface area contributed by atoms with Crippen LogP contribution in [0.25, 0.3) is 11.1 Å². The van der Waals surface area contributed by atoms with Crippen LogP contribution in [0.1, 0.15) is 6.92 Å². The normalized spacial score (nSPS) is 10.2. The van der Waals surface area contributed by atoms with Crippen molar-refractivity contribution < 1.29 is 9.84 Å². The molecule has 0 saturated heterocycles. The highest BCUT2D eigenvalue weighted by atomic mass is 35.5. The van der Waals surface area contributed by atoms with E-state index in [1.54, 1.807) is 30.6 Å². The minimum absolute atomic E-state index is 0.0735. The number of phenols is 1. The Hall–Kier alpha value is -1.74. The molecular formula is C13H12ClNO2. The van der Waals surface area contributed by atoms with Gasteiger partial charge in [-0.2, -0.15) is 0 Å². The van der Waals surface area contributed by atoms with Gasteiger partial charge in [-0.1, -0.05) is 17.7 Å². The summed E-state index contributed by atoms with van der Waals surface area (Å²) in [6.07, 6.45) is 3.39. The topological polar surface area (TPSA) is 42.4 Å². The van der Waals surface area contributed by atoms with Crippen LogP contribution in [0, 0.1) is 0 Å². The number of ether oxygens (including phenoxy) is 1. The minimum atomic E-state index is 0.0735. The lowest BCUT2D eigenvalue weighted by Gasteiger charge is -2.06. The van der Waals surface area contributed by atoms with Crippen molar-refractivity contribution >= 4 is 11.6 Å². The van der Waals surface area contributed by atoms with Gasteiger partial charge in [-0.15, -0.1) is 0 Å². The zero-order valence-corrected chi connectivity index (χ0v) is 10.1. The highest BCUT2D eigenvalue weighted by Gasteiger charge is 2.04. The van der Waals surface area contributed by atoms with Gasteiger partial charge in [-0.3, -0.25) is 4.98 Å². The average Bonchev–Trinajstić information content (AvgIpc) is 2.33. The fourth-order valence-corrected chi connectivity index (χ4v) is 1.69. The first-order chi connectivity index (χ1) is 8.20. The molecule has 0 spiro atoms. The van der Waals surface area contributed by atoms with E-state index in [0.29, 0.717) is 17.4 Å². The highest BCUT2D eigenvalue weighted by molar-refractivity contribution is 6.32. The van der Waals surface area contributed by atoms with E-state index in [2.05, 4.69) is 4.98 Å². The number of hydrogen-bond acceptors (Lipinski definition) is 3. The van der Waals surface area contributed by atoms with E-state index in [4.69, 9.17) is 16.3 Å². The fourth-order valence-electron chi connectivity index (χ4n) is 1.51. The number of pyridine rings is 1. The zero-order chi connectivity index (χ0) is 12.3. The van der Waals surface area contributed by atoms with E-state index in [0.717, 1.165) is 11.1 Å². The number of rotatable bonds is 3. The summed E-state index contributed by atoms with van der Waals surface area (Å²) < 4.78 is 5.38. The molecule has 1 aromatic carbocycles. The molecule has 0 fully saturated rings. The van der Waals surface area contributed by atoms with Crippen molar-refractivity contribution in [3.63, 3.8) is 0 Å². The Bertz CT molecular complexity index is 529. The zero-order valence-electron chi connectivity index (χ0n) is 9.35. The Morgan fingerprint density at radius 1 is 1.24 bits per heavy atom. The van der Waals surface area contributed by atoms with Gasteiger partial charge < -0.3 is 9.84 Å². The molecule has 17 heavy (non-hydrogen) atoms. The highest BCUT2D eigenvalue weighted by Crippen LogP contribution is 2.30. The molecule has 0 bridgehead atoms. The summed E-state index contributed by atoms with van der Waals surface area (Å²) in [7, 11) is 0. The molecule has 3 nitrogen and oxygen atoms in total. The van der Waals surface area contributed by atoms with Gasteiger partial charge in [0.2, 0.25) is 0 Å². The summed E-state index contributed by atoms with van der Waals surface area (Å²) in [5.74, 6) is 0.790. The monoisotopic (exact) mass is 249 g/mol. The fraction of sp³-hybridized carbons (Fsp3) is 0.154. The summed E-state index contributed by atoms with van der Waals surface area (Å²) >= 11 is 5.86. The van der Waals surface area contributed by atoms with Crippen LogP contribution in [-0.4, -0.2) is 16.7 Å². The van der Waals surface area contributed by atoms with Crippen LogP contribution < -0.4 is 4.74 Å². The van der Waals surface area contributed by atoms with E-state index in [1.165, 1.54) is 0 Å². The summed E-state index contributed by atoms with van der Waals surface area (Å²) in [6, 6.07) is 6.93. The van der Waals surface area contributed by atoms with E-state index in [9.17, 15) is 5.11 Å². The summed E-state index contributed by atoms with van der Waals surface area (Å²) in [6.45, 7) is 2.52. The van der Waals surface area contributed by atoms with Crippen LogP contribution in [0.5, 0.6) is 11.5 Å². The van der Waals surface area contributed by atoms with Gasteiger partial charge in [0.15, 0.2) is 0 Å². The van der Waals surface area contributed by atoms with E-state index in [-0.39, 0.29) is 5.75 Å². The quantitative estimate of drug-likeness (QED) is 0.905. The lowest BCUT2D eigenvalue weighted by atomic mass is 10.1. The number of hydrogen-bond donors (Lipinski definition) is 1. The van der Waals surface area contributed by atoms with Crippen LogP contribution in [0.15, 0.2) is 36.7 Å². The molecule has 88 valence electrons. The molecule has 1 N–H and O–H groups in total. The Balaban J connectivity index is 2.38. The van der Waals surface area contributed by atoms with Gasteiger partial charge >= 0.3 is 0 Å². The molecular weight excluding hydrogens is 238 g/mol. The molecule has 0 saturated carbocycles. The molecule has 0 aliphatic heterocycles. The summed E-state index contributed by atoms with van der Waals surface area (Å²) in [5, 5.41) is 9.68. The first kappa shape index (κ1) is 11.7. The molecule has 4 heteroatoms. The van der Waals surface area contributed by atoms with Crippen LogP contribution in [0.2, 0.25) is 5.02 Å². The van der Waals surface area contributed by atoms with Crippen LogP contribution in [-0.2, 0) is 0 Å². The van der Waals surface area contributed by atoms with Gasteiger partial charge in [0, 0.05) is 11.8 Å². The van der Waals surface area contributed by atoms with Crippen molar-refractivity contribution in [3.8, 4) is 22.6 Å². The van der Waals surface area contributed by atoms with Crippen molar-refractivity contribution in [2.75, 3.05) is 6.61 Å². The summed E-state index contributed by atoms with van der Waals surface area (Å²) in [5.41, 5.74) is 1.79. The minimum Gasteiger partial charge on any atom is -0.506 e. The third-order valence-corrected chi connectivity index (χ3v) is 2.61. The van der Waals surface area contributed by atoms with Crippen LogP contribution in [0.3, 0.4) is 0 Å². The second-order valence-electron chi connectivity index (χ2n) is 3.51.